The van der Waals surface area contributed by atoms with Crippen LogP contribution in [0.5, 0.6) is 5.88 Å². The van der Waals surface area contributed by atoms with Crippen LogP contribution in [-0.2, 0) is 0 Å². The Labute approximate surface area is 76.2 Å². The van der Waals surface area contributed by atoms with Gasteiger partial charge in [-0.25, -0.2) is 4.98 Å². The van der Waals surface area contributed by atoms with Crippen LogP contribution in [0.1, 0.15) is 16.8 Å². The van der Waals surface area contributed by atoms with Gasteiger partial charge >= 0.3 is 0 Å². The molecule has 1 heterocycles. The van der Waals surface area contributed by atoms with Crippen molar-refractivity contribution in [1.29, 1.82) is 0 Å². The van der Waals surface area contributed by atoms with Crippen molar-refractivity contribution >= 4 is 6.29 Å². The first-order valence-electron chi connectivity index (χ1n) is 4.02. The van der Waals surface area contributed by atoms with Crippen LogP contribution in [0.2, 0.25) is 0 Å². The molecule has 0 saturated heterocycles. The van der Waals surface area contributed by atoms with E-state index < -0.39 is 0 Å². The Morgan fingerprint density at radius 1 is 1.62 bits per heavy atom. The summed E-state index contributed by atoms with van der Waals surface area (Å²) in [6.45, 7) is 0.442. The van der Waals surface area contributed by atoms with E-state index in [0.29, 0.717) is 30.8 Å². The first-order chi connectivity index (χ1) is 6.38. The van der Waals surface area contributed by atoms with E-state index in [4.69, 9.17) is 9.84 Å². The SMILES string of the molecule is O=Cc1cccnc1OCCCO. The van der Waals surface area contributed by atoms with Gasteiger partial charge in [-0.2, -0.15) is 0 Å². The maximum atomic E-state index is 10.5. The molecule has 0 saturated carbocycles. The molecule has 0 fully saturated rings. The van der Waals surface area contributed by atoms with E-state index in [0.717, 1.165) is 0 Å². The monoisotopic (exact) mass is 181 g/mol. The summed E-state index contributed by atoms with van der Waals surface area (Å²) in [6.07, 6.45) is 2.79. The van der Waals surface area contributed by atoms with Crippen molar-refractivity contribution in [3.8, 4) is 5.88 Å². The van der Waals surface area contributed by atoms with Gasteiger partial charge in [-0.15, -0.1) is 0 Å². The molecule has 13 heavy (non-hydrogen) atoms. The Kier molecular flexibility index (Phi) is 3.92. The number of aldehydes is 1. The highest BCUT2D eigenvalue weighted by molar-refractivity contribution is 5.77. The number of nitrogens with zero attached hydrogens (tertiary/aromatic N) is 1. The predicted octanol–water partition coefficient (Wildman–Crippen LogP) is 0.655. The van der Waals surface area contributed by atoms with Crippen molar-refractivity contribution in [3.63, 3.8) is 0 Å². The molecule has 1 N–H and O–H groups in total. The molecule has 0 spiro atoms. The lowest BCUT2D eigenvalue weighted by atomic mass is 10.3. The lowest BCUT2D eigenvalue weighted by molar-refractivity contribution is 0.111. The fourth-order valence-corrected chi connectivity index (χ4v) is 0.847. The standard InChI is InChI=1S/C9H11NO3/c11-5-2-6-13-9-8(7-12)3-1-4-10-9/h1,3-4,7,11H,2,5-6H2. The zero-order valence-electron chi connectivity index (χ0n) is 7.14. The quantitative estimate of drug-likeness (QED) is 0.535. The molecule has 1 aromatic rings. The maximum absolute atomic E-state index is 10.5. The van der Waals surface area contributed by atoms with Gasteiger partial charge in [0.2, 0.25) is 5.88 Å². The Morgan fingerprint density at radius 3 is 3.15 bits per heavy atom. The van der Waals surface area contributed by atoms with E-state index in [9.17, 15) is 4.79 Å². The van der Waals surface area contributed by atoms with E-state index in [2.05, 4.69) is 4.98 Å². The Hall–Kier alpha value is -1.42. The summed E-state index contributed by atoms with van der Waals surface area (Å²) in [4.78, 5) is 14.4. The van der Waals surface area contributed by atoms with E-state index in [-0.39, 0.29) is 6.61 Å². The van der Waals surface area contributed by atoms with Gasteiger partial charge in [-0.1, -0.05) is 0 Å². The molecule has 0 aliphatic rings. The smallest absolute Gasteiger partial charge is 0.224 e. The molecule has 0 aliphatic heterocycles. The van der Waals surface area contributed by atoms with Crippen molar-refractivity contribution in [2.45, 2.75) is 6.42 Å². The lowest BCUT2D eigenvalue weighted by Crippen LogP contribution is -2.03. The van der Waals surface area contributed by atoms with Crippen molar-refractivity contribution in [1.82, 2.24) is 4.98 Å². The summed E-state index contributed by atoms with van der Waals surface area (Å²) in [6, 6.07) is 3.30. The predicted molar refractivity (Wildman–Crippen MR) is 46.8 cm³/mol. The topological polar surface area (TPSA) is 59.4 Å². The molecular formula is C9H11NO3. The van der Waals surface area contributed by atoms with Crippen LogP contribution in [0.15, 0.2) is 18.3 Å². The van der Waals surface area contributed by atoms with E-state index in [1.807, 2.05) is 0 Å². The number of hydrogen-bond acceptors (Lipinski definition) is 4. The molecular weight excluding hydrogens is 170 g/mol. The molecule has 0 radical (unpaired) electrons. The van der Waals surface area contributed by atoms with Gasteiger partial charge in [0.1, 0.15) is 0 Å². The minimum Gasteiger partial charge on any atom is -0.477 e. The molecule has 1 aromatic heterocycles. The van der Waals surface area contributed by atoms with E-state index >= 15 is 0 Å². The van der Waals surface area contributed by atoms with Gasteiger partial charge in [0.15, 0.2) is 6.29 Å². The lowest BCUT2D eigenvalue weighted by Gasteiger charge is -2.04. The molecule has 0 amide bonds. The summed E-state index contributed by atoms with van der Waals surface area (Å²) in [5.41, 5.74) is 0.431. The second-order valence-corrected chi connectivity index (χ2v) is 2.44. The van der Waals surface area contributed by atoms with E-state index in [1.165, 1.54) is 0 Å². The number of aliphatic hydroxyl groups excluding tert-OH is 1. The third kappa shape index (κ3) is 2.83. The van der Waals surface area contributed by atoms with Crippen LogP contribution < -0.4 is 4.74 Å². The highest BCUT2D eigenvalue weighted by atomic mass is 16.5. The molecule has 4 heteroatoms. The molecule has 70 valence electrons. The summed E-state index contributed by atoms with van der Waals surface area (Å²) in [5, 5.41) is 8.50. The number of carbonyl (C=O) groups excluding carboxylic acids is 1. The second-order valence-electron chi connectivity index (χ2n) is 2.44. The largest absolute Gasteiger partial charge is 0.477 e. The van der Waals surface area contributed by atoms with Crippen LogP contribution in [0.4, 0.5) is 0 Å². The zero-order chi connectivity index (χ0) is 9.52. The summed E-state index contributed by atoms with van der Waals surface area (Å²) in [7, 11) is 0. The van der Waals surface area contributed by atoms with Gasteiger partial charge < -0.3 is 9.84 Å². The Balaban J connectivity index is 2.59. The third-order valence-electron chi connectivity index (χ3n) is 1.47. The molecule has 0 aromatic carbocycles. The minimum atomic E-state index is 0.0727. The molecule has 1 rings (SSSR count). The fourth-order valence-electron chi connectivity index (χ4n) is 0.847. The summed E-state index contributed by atoms with van der Waals surface area (Å²) < 4.78 is 5.17. The molecule has 0 unspecified atom stereocenters. The van der Waals surface area contributed by atoms with Gasteiger partial charge in [0.05, 0.1) is 12.2 Å². The zero-order valence-corrected chi connectivity index (χ0v) is 7.14. The molecule has 4 nitrogen and oxygen atoms in total. The van der Waals surface area contributed by atoms with Crippen LogP contribution in [0.25, 0.3) is 0 Å². The van der Waals surface area contributed by atoms with Gasteiger partial charge in [0.25, 0.3) is 0 Å². The van der Waals surface area contributed by atoms with Crippen LogP contribution in [-0.4, -0.2) is 29.6 Å². The number of rotatable bonds is 5. The molecule has 0 bridgehead atoms. The van der Waals surface area contributed by atoms with E-state index in [1.54, 1.807) is 18.3 Å². The van der Waals surface area contributed by atoms with Gasteiger partial charge in [0, 0.05) is 19.2 Å². The third-order valence-corrected chi connectivity index (χ3v) is 1.47. The summed E-state index contributed by atoms with van der Waals surface area (Å²) in [5.74, 6) is 0.325. The van der Waals surface area contributed by atoms with Crippen molar-refractivity contribution < 1.29 is 14.6 Å². The second kappa shape index (κ2) is 5.27. The fraction of sp³-hybridized carbons (Fsp3) is 0.333. The van der Waals surface area contributed by atoms with Crippen molar-refractivity contribution in [2.75, 3.05) is 13.2 Å². The number of hydrogen-bond donors (Lipinski definition) is 1. The number of carbonyl (C=O) groups is 1. The number of aliphatic hydroxyl groups is 1. The maximum Gasteiger partial charge on any atom is 0.224 e. The number of pyridine rings is 1. The normalized spacial score (nSPS) is 9.62. The molecule has 0 aliphatic carbocycles. The van der Waals surface area contributed by atoms with Crippen LogP contribution >= 0.6 is 0 Å². The Morgan fingerprint density at radius 2 is 2.46 bits per heavy atom. The number of ether oxygens (including phenoxy) is 1. The highest BCUT2D eigenvalue weighted by Gasteiger charge is 2.01. The number of aromatic nitrogens is 1. The summed E-state index contributed by atoms with van der Waals surface area (Å²) >= 11 is 0. The van der Waals surface area contributed by atoms with Crippen LogP contribution in [0, 0.1) is 0 Å². The van der Waals surface area contributed by atoms with Crippen molar-refractivity contribution in [3.05, 3.63) is 23.9 Å². The van der Waals surface area contributed by atoms with Gasteiger partial charge in [-0.05, 0) is 12.1 Å². The van der Waals surface area contributed by atoms with Gasteiger partial charge in [-0.3, -0.25) is 4.79 Å². The first-order valence-corrected chi connectivity index (χ1v) is 4.02. The Bertz CT molecular complexity index is 275. The molecule has 0 atom stereocenters. The van der Waals surface area contributed by atoms with Crippen LogP contribution in [0.3, 0.4) is 0 Å². The average molecular weight is 181 g/mol. The van der Waals surface area contributed by atoms with Crippen molar-refractivity contribution in [2.24, 2.45) is 0 Å². The minimum absolute atomic E-state index is 0.0727. The average Bonchev–Trinajstić information content (AvgIpc) is 2.19. The highest BCUT2D eigenvalue weighted by Crippen LogP contribution is 2.11. The first kappa shape index (κ1) is 9.67.